The summed E-state index contributed by atoms with van der Waals surface area (Å²) in [7, 11) is 1.25. The van der Waals surface area contributed by atoms with Gasteiger partial charge in [0.25, 0.3) is 5.91 Å². The first-order valence-corrected chi connectivity index (χ1v) is 4.28. The molecule has 0 aromatic heterocycles. The smallest absolute Gasteiger partial charge is 0.315 e. The maximum absolute atomic E-state index is 12.7. The molecule has 82 valence electrons. The molecule has 15 heavy (non-hydrogen) atoms. The molecule has 0 atom stereocenters. The van der Waals surface area contributed by atoms with Gasteiger partial charge in [-0.25, -0.2) is 4.39 Å². The molecule has 0 radical (unpaired) electrons. The Bertz CT molecular complexity index is 354. The third-order valence-corrected chi connectivity index (χ3v) is 1.87. The minimum Gasteiger partial charge on any atom is -0.336 e. The predicted molar refractivity (Wildman–Crippen MR) is 48.9 cm³/mol. The van der Waals surface area contributed by atoms with Crippen LogP contribution in [-0.4, -0.2) is 24.3 Å². The molecule has 1 rings (SSSR count). The lowest BCUT2D eigenvalue weighted by atomic mass is 10.2. The van der Waals surface area contributed by atoms with Crippen LogP contribution >= 0.6 is 0 Å². The number of nitrogens with zero attached hydrogens (tertiary/aromatic N) is 1. The zero-order valence-corrected chi connectivity index (χ0v) is 8.08. The lowest BCUT2D eigenvalue weighted by molar-refractivity contribution is -0.141. The van der Waals surface area contributed by atoms with E-state index in [-0.39, 0.29) is 6.54 Å². The van der Waals surface area contributed by atoms with Crippen LogP contribution in [0.5, 0.6) is 0 Å². The standard InChI is InChI=1S/C10H10F3NO/c1-14(10(15)9(12)13)6-7-3-2-4-8(11)5-7/h2-5,9H,6H2,1H3. The van der Waals surface area contributed by atoms with Crippen molar-refractivity contribution in [1.29, 1.82) is 0 Å². The average molecular weight is 217 g/mol. The number of halogens is 3. The summed E-state index contributed by atoms with van der Waals surface area (Å²) in [5.41, 5.74) is 0.478. The Kier molecular flexibility index (Phi) is 3.71. The summed E-state index contributed by atoms with van der Waals surface area (Å²) in [6.07, 6.45) is -3.02. The van der Waals surface area contributed by atoms with Gasteiger partial charge >= 0.3 is 6.43 Å². The minimum absolute atomic E-state index is 0.0269. The molecule has 0 aliphatic rings. The Hall–Kier alpha value is -1.52. The van der Waals surface area contributed by atoms with Crippen LogP contribution in [0.4, 0.5) is 13.2 Å². The number of carbonyl (C=O) groups excluding carboxylic acids is 1. The third kappa shape index (κ3) is 3.27. The molecule has 0 N–H and O–H groups in total. The van der Waals surface area contributed by atoms with Crippen LogP contribution < -0.4 is 0 Å². The van der Waals surface area contributed by atoms with E-state index in [9.17, 15) is 18.0 Å². The number of carbonyl (C=O) groups is 1. The van der Waals surface area contributed by atoms with Gasteiger partial charge in [0.1, 0.15) is 5.82 Å². The van der Waals surface area contributed by atoms with Crippen LogP contribution in [0, 0.1) is 5.82 Å². The molecule has 0 heterocycles. The van der Waals surface area contributed by atoms with Crippen molar-refractivity contribution >= 4 is 5.91 Å². The van der Waals surface area contributed by atoms with Gasteiger partial charge < -0.3 is 4.90 Å². The number of hydrogen-bond acceptors (Lipinski definition) is 1. The van der Waals surface area contributed by atoms with Crippen LogP contribution in [0.25, 0.3) is 0 Å². The molecule has 0 aliphatic carbocycles. The highest BCUT2D eigenvalue weighted by molar-refractivity contribution is 5.78. The van der Waals surface area contributed by atoms with Gasteiger partial charge in [-0.3, -0.25) is 4.79 Å². The topological polar surface area (TPSA) is 20.3 Å². The molecule has 2 nitrogen and oxygen atoms in total. The minimum atomic E-state index is -3.02. The second-order valence-electron chi connectivity index (χ2n) is 3.12. The van der Waals surface area contributed by atoms with E-state index < -0.39 is 18.1 Å². The van der Waals surface area contributed by atoms with E-state index in [0.717, 1.165) is 4.90 Å². The van der Waals surface area contributed by atoms with Crippen LogP contribution in [0.1, 0.15) is 5.56 Å². The van der Waals surface area contributed by atoms with Gasteiger partial charge in [-0.1, -0.05) is 12.1 Å². The summed E-state index contributed by atoms with van der Waals surface area (Å²) in [6.45, 7) is -0.0269. The lowest BCUT2D eigenvalue weighted by Gasteiger charge is -2.16. The summed E-state index contributed by atoms with van der Waals surface area (Å²) in [4.78, 5) is 11.7. The molecular formula is C10H10F3NO. The molecule has 1 aromatic carbocycles. The van der Waals surface area contributed by atoms with Crippen molar-refractivity contribution in [2.24, 2.45) is 0 Å². The number of hydrogen-bond donors (Lipinski definition) is 0. The van der Waals surface area contributed by atoms with Crippen LogP contribution in [0.3, 0.4) is 0 Å². The highest BCUT2D eigenvalue weighted by Crippen LogP contribution is 2.08. The normalized spacial score (nSPS) is 10.5. The van der Waals surface area contributed by atoms with E-state index in [4.69, 9.17) is 0 Å². The summed E-state index contributed by atoms with van der Waals surface area (Å²) in [5, 5.41) is 0. The van der Waals surface area contributed by atoms with E-state index in [1.807, 2.05) is 0 Å². The number of rotatable bonds is 3. The van der Waals surface area contributed by atoms with Gasteiger partial charge in [-0.2, -0.15) is 8.78 Å². The first kappa shape index (κ1) is 11.6. The maximum Gasteiger partial charge on any atom is 0.315 e. The van der Waals surface area contributed by atoms with Gasteiger partial charge in [0.15, 0.2) is 0 Å². The fraction of sp³-hybridized carbons (Fsp3) is 0.300. The lowest BCUT2D eigenvalue weighted by Crippen LogP contribution is -2.31. The molecule has 1 aromatic rings. The number of amides is 1. The van der Waals surface area contributed by atoms with Crippen LogP contribution in [-0.2, 0) is 11.3 Å². The number of alkyl halides is 2. The third-order valence-electron chi connectivity index (χ3n) is 1.87. The van der Waals surface area contributed by atoms with Crippen molar-refractivity contribution in [2.45, 2.75) is 13.0 Å². The molecule has 0 bridgehead atoms. The molecule has 0 saturated heterocycles. The van der Waals surface area contributed by atoms with Gasteiger partial charge in [0, 0.05) is 13.6 Å². The molecule has 0 unspecified atom stereocenters. The van der Waals surface area contributed by atoms with Crippen molar-refractivity contribution in [3.8, 4) is 0 Å². The zero-order chi connectivity index (χ0) is 11.4. The molecule has 5 heteroatoms. The van der Waals surface area contributed by atoms with Crippen molar-refractivity contribution in [2.75, 3.05) is 7.05 Å². The first-order chi connectivity index (χ1) is 7.00. The summed E-state index contributed by atoms with van der Waals surface area (Å²) in [6, 6.07) is 5.48. The molecule has 0 aliphatic heterocycles. The van der Waals surface area contributed by atoms with Gasteiger partial charge in [0.05, 0.1) is 0 Å². The van der Waals surface area contributed by atoms with Gasteiger partial charge in [-0.05, 0) is 17.7 Å². The fourth-order valence-corrected chi connectivity index (χ4v) is 1.15. The second kappa shape index (κ2) is 4.82. The Labute approximate surface area is 85.3 Å². The largest absolute Gasteiger partial charge is 0.336 e. The zero-order valence-electron chi connectivity index (χ0n) is 8.08. The van der Waals surface area contributed by atoms with E-state index in [0.29, 0.717) is 5.56 Å². The Balaban J connectivity index is 2.66. The van der Waals surface area contributed by atoms with Crippen molar-refractivity contribution in [1.82, 2.24) is 4.90 Å². The van der Waals surface area contributed by atoms with E-state index in [1.165, 1.54) is 25.2 Å². The second-order valence-corrected chi connectivity index (χ2v) is 3.12. The van der Waals surface area contributed by atoms with Gasteiger partial charge in [0.2, 0.25) is 0 Å². The highest BCUT2D eigenvalue weighted by Gasteiger charge is 2.19. The quantitative estimate of drug-likeness (QED) is 0.758. The molecule has 1 amide bonds. The van der Waals surface area contributed by atoms with Crippen molar-refractivity contribution < 1.29 is 18.0 Å². The molecular weight excluding hydrogens is 207 g/mol. The molecule has 0 spiro atoms. The summed E-state index contributed by atoms with van der Waals surface area (Å²) in [5.74, 6) is -1.72. The first-order valence-electron chi connectivity index (χ1n) is 4.28. The van der Waals surface area contributed by atoms with E-state index in [1.54, 1.807) is 6.07 Å². The van der Waals surface area contributed by atoms with Crippen molar-refractivity contribution in [3.63, 3.8) is 0 Å². The Morgan fingerprint density at radius 3 is 2.67 bits per heavy atom. The fourth-order valence-electron chi connectivity index (χ4n) is 1.15. The van der Waals surface area contributed by atoms with E-state index in [2.05, 4.69) is 0 Å². The number of benzene rings is 1. The Morgan fingerprint density at radius 2 is 2.13 bits per heavy atom. The molecule has 0 fully saturated rings. The average Bonchev–Trinajstić information content (AvgIpc) is 2.16. The maximum atomic E-state index is 12.7. The van der Waals surface area contributed by atoms with Crippen molar-refractivity contribution in [3.05, 3.63) is 35.6 Å². The van der Waals surface area contributed by atoms with Crippen LogP contribution in [0.2, 0.25) is 0 Å². The summed E-state index contributed by atoms with van der Waals surface area (Å²) < 4.78 is 36.7. The highest BCUT2D eigenvalue weighted by atomic mass is 19.3. The Morgan fingerprint density at radius 1 is 1.47 bits per heavy atom. The summed E-state index contributed by atoms with van der Waals surface area (Å²) >= 11 is 0. The van der Waals surface area contributed by atoms with E-state index >= 15 is 0 Å². The predicted octanol–water partition coefficient (Wildman–Crippen LogP) is 2.05. The SMILES string of the molecule is CN(Cc1cccc(F)c1)C(=O)C(F)F. The molecule has 0 saturated carbocycles. The van der Waals surface area contributed by atoms with Crippen LogP contribution in [0.15, 0.2) is 24.3 Å². The van der Waals surface area contributed by atoms with Gasteiger partial charge in [-0.15, -0.1) is 0 Å². The monoisotopic (exact) mass is 217 g/mol.